The maximum absolute atomic E-state index is 12.2. The summed E-state index contributed by atoms with van der Waals surface area (Å²) in [5.74, 6) is -0.998. The highest BCUT2D eigenvalue weighted by Gasteiger charge is 2.22. The molecular weight excluding hydrogens is 352 g/mol. The van der Waals surface area contributed by atoms with Gasteiger partial charge in [0.15, 0.2) is 5.69 Å². The molecule has 0 aliphatic rings. The summed E-state index contributed by atoms with van der Waals surface area (Å²) in [5.41, 5.74) is 1.52. The maximum Gasteiger partial charge on any atom is 0.328 e. The van der Waals surface area contributed by atoms with E-state index in [2.05, 4.69) is 36.3 Å². The minimum absolute atomic E-state index is 0.163. The molecule has 0 fully saturated rings. The summed E-state index contributed by atoms with van der Waals surface area (Å²) in [7, 11) is 1.26. The molecule has 0 saturated heterocycles. The molecule has 8 heteroatoms. The topological polar surface area (TPSA) is 86.1 Å². The smallest absolute Gasteiger partial charge is 0.328 e. The molecule has 0 spiro atoms. The lowest BCUT2D eigenvalue weighted by molar-refractivity contribution is -0.142. The van der Waals surface area contributed by atoms with Gasteiger partial charge in [-0.15, -0.1) is 5.10 Å². The van der Waals surface area contributed by atoms with Crippen LogP contribution in [0.25, 0.3) is 5.69 Å². The van der Waals surface area contributed by atoms with Gasteiger partial charge < -0.3 is 10.1 Å². The van der Waals surface area contributed by atoms with E-state index in [-0.39, 0.29) is 5.69 Å². The average molecular weight is 367 g/mol. The van der Waals surface area contributed by atoms with E-state index in [1.807, 2.05) is 24.3 Å². The fraction of sp³-hybridized carbons (Fsp3) is 0.286. The summed E-state index contributed by atoms with van der Waals surface area (Å²) in [6.45, 7) is 3.27. The average Bonchev–Trinajstić information content (AvgIpc) is 2.88. The fourth-order valence-corrected chi connectivity index (χ4v) is 2.28. The van der Waals surface area contributed by atoms with Gasteiger partial charge in [-0.2, -0.15) is 0 Å². The van der Waals surface area contributed by atoms with Crippen molar-refractivity contribution < 1.29 is 14.3 Å². The van der Waals surface area contributed by atoms with Crippen LogP contribution in [0, 0.1) is 6.92 Å². The lowest BCUT2D eigenvalue weighted by Gasteiger charge is -2.10. The Hall–Kier alpha value is -2.22. The molecule has 0 bridgehead atoms. The van der Waals surface area contributed by atoms with E-state index in [4.69, 9.17) is 0 Å². The molecule has 1 amide bonds. The van der Waals surface area contributed by atoms with Crippen molar-refractivity contribution in [1.82, 2.24) is 20.3 Å². The normalized spacial score (nSPS) is 11.8. The molecule has 1 heterocycles. The van der Waals surface area contributed by atoms with Gasteiger partial charge in [0, 0.05) is 4.47 Å². The van der Waals surface area contributed by atoms with Crippen LogP contribution in [0.15, 0.2) is 28.7 Å². The Labute approximate surface area is 135 Å². The van der Waals surface area contributed by atoms with Crippen LogP contribution in [-0.4, -0.2) is 40.0 Å². The van der Waals surface area contributed by atoms with Crippen LogP contribution in [0.1, 0.15) is 23.1 Å². The van der Waals surface area contributed by atoms with Crippen LogP contribution in [0.4, 0.5) is 0 Å². The Morgan fingerprint density at radius 3 is 2.77 bits per heavy atom. The van der Waals surface area contributed by atoms with Gasteiger partial charge in [0.1, 0.15) is 6.04 Å². The summed E-state index contributed by atoms with van der Waals surface area (Å²) in [6, 6.07) is 6.71. The number of hydrogen-bond acceptors (Lipinski definition) is 5. The Kier molecular flexibility index (Phi) is 4.92. The van der Waals surface area contributed by atoms with E-state index in [0.717, 1.165) is 10.2 Å². The molecule has 2 rings (SSSR count). The lowest BCUT2D eigenvalue weighted by atomic mass is 10.2. The molecule has 0 aliphatic carbocycles. The summed E-state index contributed by atoms with van der Waals surface area (Å²) in [4.78, 5) is 23.5. The Morgan fingerprint density at radius 2 is 2.14 bits per heavy atom. The van der Waals surface area contributed by atoms with Gasteiger partial charge >= 0.3 is 5.97 Å². The van der Waals surface area contributed by atoms with Crippen molar-refractivity contribution in [3.63, 3.8) is 0 Å². The molecule has 116 valence electrons. The lowest BCUT2D eigenvalue weighted by Crippen LogP contribution is -2.39. The second-order valence-electron chi connectivity index (χ2n) is 4.63. The highest BCUT2D eigenvalue weighted by Crippen LogP contribution is 2.17. The third-order valence-corrected chi connectivity index (χ3v) is 3.56. The summed E-state index contributed by atoms with van der Waals surface area (Å²) in [6.07, 6.45) is 0. The maximum atomic E-state index is 12.2. The number of nitrogens with zero attached hydrogens (tertiary/aromatic N) is 3. The zero-order valence-electron chi connectivity index (χ0n) is 12.3. The minimum Gasteiger partial charge on any atom is -0.467 e. The second kappa shape index (κ2) is 6.69. The first kappa shape index (κ1) is 16.2. The molecule has 7 nitrogen and oxygen atoms in total. The summed E-state index contributed by atoms with van der Waals surface area (Å²) >= 11 is 3.38. The van der Waals surface area contributed by atoms with Gasteiger partial charge in [-0.25, -0.2) is 9.48 Å². The van der Waals surface area contributed by atoms with E-state index >= 15 is 0 Å². The van der Waals surface area contributed by atoms with Crippen LogP contribution in [0.2, 0.25) is 0 Å². The van der Waals surface area contributed by atoms with Crippen LogP contribution < -0.4 is 5.32 Å². The number of hydrogen-bond donors (Lipinski definition) is 1. The molecule has 0 unspecified atom stereocenters. The van der Waals surface area contributed by atoms with Crippen molar-refractivity contribution in [2.45, 2.75) is 19.9 Å². The largest absolute Gasteiger partial charge is 0.467 e. The second-order valence-corrected chi connectivity index (χ2v) is 5.55. The predicted molar refractivity (Wildman–Crippen MR) is 82.7 cm³/mol. The van der Waals surface area contributed by atoms with Crippen molar-refractivity contribution in [3.05, 3.63) is 40.1 Å². The van der Waals surface area contributed by atoms with E-state index in [9.17, 15) is 9.59 Å². The van der Waals surface area contributed by atoms with Gasteiger partial charge in [0.25, 0.3) is 5.91 Å². The first-order chi connectivity index (χ1) is 10.4. The van der Waals surface area contributed by atoms with Crippen LogP contribution in [0.5, 0.6) is 0 Å². The number of nitrogens with one attached hydrogen (secondary N) is 1. The SMILES string of the molecule is COC(=O)[C@H](C)NC(=O)c1nnn(-c2cccc(Br)c2)c1C. The number of carbonyl (C=O) groups excluding carboxylic acids is 2. The Balaban J connectivity index is 2.24. The molecular formula is C14H15BrN4O3. The highest BCUT2D eigenvalue weighted by atomic mass is 79.9. The van der Waals surface area contributed by atoms with Crippen LogP contribution >= 0.6 is 15.9 Å². The molecule has 1 aromatic heterocycles. The van der Waals surface area contributed by atoms with E-state index in [1.54, 1.807) is 11.6 Å². The molecule has 0 saturated carbocycles. The number of benzene rings is 1. The summed E-state index contributed by atoms with van der Waals surface area (Å²) < 4.78 is 7.02. The number of amides is 1. The zero-order chi connectivity index (χ0) is 16.3. The molecule has 2 aromatic rings. The number of halogens is 1. The third kappa shape index (κ3) is 3.33. The standard InChI is InChI=1S/C14H15BrN4O3/c1-8(14(21)22-3)16-13(20)12-9(2)19(18-17-12)11-6-4-5-10(15)7-11/h4-8H,1-3H3,(H,16,20)/t8-/m0/s1. The quantitative estimate of drug-likeness (QED) is 0.831. The number of ether oxygens (including phenoxy) is 1. The highest BCUT2D eigenvalue weighted by molar-refractivity contribution is 9.10. The van der Waals surface area contributed by atoms with E-state index in [0.29, 0.717) is 5.69 Å². The number of rotatable bonds is 4. The van der Waals surface area contributed by atoms with Crippen molar-refractivity contribution in [1.29, 1.82) is 0 Å². The molecule has 1 atom stereocenters. The fourth-order valence-electron chi connectivity index (χ4n) is 1.89. The Bertz CT molecular complexity index is 714. The van der Waals surface area contributed by atoms with Crippen molar-refractivity contribution in [2.24, 2.45) is 0 Å². The van der Waals surface area contributed by atoms with Crippen molar-refractivity contribution in [2.75, 3.05) is 7.11 Å². The first-order valence-corrected chi connectivity index (χ1v) is 7.30. The predicted octanol–water partition coefficient (Wildman–Crippen LogP) is 1.63. The number of carbonyl (C=O) groups is 2. The van der Waals surface area contributed by atoms with Gasteiger partial charge in [-0.3, -0.25) is 4.79 Å². The molecule has 0 radical (unpaired) electrons. The van der Waals surface area contributed by atoms with Gasteiger partial charge in [-0.05, 0) is 32.0 Å². The van der Waals surface area contributed by atoms with Gasteiger partial charge in [-0.1, -0.05) is 27.2 Å². The molecule has 0 aliphatic heterocycles. The van der Waals surface area contributed by atoms with Gasteiger partial charge in [0.05, 0.1) is 18.5 Å². The molecule has 22 heavy (non-hydrogen) atoms. The molecule has 1 N–H and O–H groups in total. The van der Waals surface area contributed by atoms with Crippen LogP contribution in [-0.2, 0) is 9.53 Å². The number of aromatic nitrogens is 3. The monoisotopic (exact) mass is 366 g/mol. The van der Waals surface area contributed by atoms with Crippen molar-refractivity contribution in [3.8, 4) is 5.69 Å². The van der Waals surface area contributed by atoms with E-state index in [1.165, 1.54) is 14.0 Å². The molecule has 1 aromatic carbocycles. The number of methoxy groups -OCH3 is 1. The van der Waals surface area contributed by atoms with Crippen molar-refractivity contribution >= 4 is 27.8 Å². The summed E-state index contributed by atoms with van der Waals surface area (Å²) in [5, 5.41) is 10.4. The van der Waals surface area contributed by atoms with Gasteiger partial charge in [0.2, 0.25) is 0 Å². The first-order valence-electron chi connectivity index (χ1n) is 6.51. The number of esters is 1. The Morgan fingerprint density at radius 1 is 1.41 bits per heavy atom. The zero-order valence-corrected chi connectivity index (χ0v) is 13.9. The van der Waals surface area contributed by atoms with Crippen LogP contribution in [0.3, 0.4) is 0 Å². The van der Waals surface area contributed by atoms with E-state index < -0.39 is 17.9 Å². The minimum atomic E-state index is -0.757. The third-order valence-electron chi connectivity index (χ3n) is 3.06.